The second-order valence-corrected chi connectivity index (χ2v) is 9.97. The van der Waals surface area contributed by atoms with E-state index in [9.17, 15) is 14.4 Å². The molecular formula is C27H37N5O5. The maximum absolute atomic E-state index is 13.6. The third-order valence-electron chi connectivity index (χ3n) is 7.37. The van der Waals surface area contributed by atoms with E-state index in [2.05, 4.69) is 15.7 Å². The molecule has 200 valence electrons. The number of ether oxygens (including phenoxy) is 2. The van der Waals surface area contributed by atoms with E-state index < -0.39 is 11.4 Å². The van der Waals surface area contributed by atoms with E-state index in [0.29, 0.717) is 23.7 Å². The molecule has 1 aliphatic heterocycles. The highest BCUT2D eigenvalue weighted by atomic mass is 16.5. The number of rotatable bonds is 10. The average molecular weight is 512 g/mol. The lowest BCUT2D eigenvalue weighted by molar-refractivity contribution is -0.133. The Morgan fingerprint density at radius 2 is 1.92 bits per heavy atom. The maximum atomic E-state index is 13.6. The predicted molar refractivity (Wildman–Crippen MR) is 138 cm³/mol. The number of amides is 3. The molecule has 4 rings (SSSR count). The van der Waals surface area contributed by atoms with Crippen molar-refractivity contribution in [2.75, 3.05) is 20.8 Å². The van der Waals surface area contributed by atoms with Crippen LogP contribution in [0.3, 0.4) is 0 Å². The van der Waals surface area contributed by atoms with E-state index in [4.69, 9.17) is 9.47 Å². The van der Waals surface area contributed by atoms with Gasteiger partial charge in [-0.15, -0.1) is 0 Å². The predicted octanol–water partition coefficient (Wildman–Crippen LogP) is 2.90. The molecule has 2 N–H and O–H groups in total. The zero-order chi connectivity index (χ0) is 26.6. The summed E-state index contributed by atoms with van der Waals surface area (Å²) in [5, 5.41) is 10.4. The fraction of sp³-hybridized carbons (Fsp3) is 0.556. The van der Waals surface area contributed by atoms with Crippen LogP contribution in [-0.4, -0.2) is 64.7 Å². The largest absolute Gasteiger partial charge is 0.497 e. The zero-order valence-corrected chi connectivity index (χ0v) is 22.1. The summed E-state index contributed by atoms with van der Waals surface area (Å²) in [7, 11) is 3.13. The van der Waals surface area contributed by atoms with Gasteiger partial charge in [-0.1, -0.05) is 26.2 Å². The smallest absolute Gasteiger partial charge is 0.273 e. The van der Waals surface area contributed by atoms with E-state index in [1.165, 1.54) is 10.7 Å². The fourth-order valence-electron chi connectivity index (χ4n) is 5.12. The Bertz CT molecular complexity index is 1160. The summed E-state index contributed by atoms with van der Waals surface area (Å²) in [6, 6.07) is 7.00. The number of aromatic nitrogens is 2. The van der Waals surface area contributed by atoms with E-state index in [-0.39, 0.29) is 36.6 Å². The second kappa shape index (κ2) is 11.2. The molecule has 1 fully saturated rings. The van der Waals surface area contributed by atoms with Gasteiger partial charge in [0.25, 0.3) is 11.8 Å². The summed E-state index contributed by atoms with van der Waals surface area (Å²) in [6.07, 6.45) is 5.79. The molecule has 0 bridgehead atoms. The van der Waals surface area contributed by atoms with Crippen LogP contribution in [0.2, 0.25) is 0 Å². The van der Waals surface area contributed by atoms with Crippen LogP contribution >= 0.6 is 0 Å². The molecule has 37 heavy (non-hydrogen) atoms. The van der Waals surface area contributed by atoms with Crippen LogP contribution in [0.15, 0.2) is 24.3 Å². The number of benzene rings is 1. The molecule has 1 atom stereocenters. The number of hydrogen-bond acceptors (Lipinski definition) is 6. The van der Waals surface area contributed by atoms with Gasteiger partial charge in [0.1, 0.15) is 22.7 Å². The first kappa shape index (κ1) is 26.5. The number of methoxy groups -OCH3 is 2. The summed E-state index contributed by atoms with van der Waals surface area (Å²) in [5.74, 6) is 0.397. The summed E-state index contributed by atoms with van der Waals surface area (Å²) in [5.41, 5.74) is 0.0971. The number of fused-ring (bicyclic) bond motifs is 1. The minimum atomic E-state index is -1.09. The van der Waals surface area contributed by atoms with Gasteiger partial charge in [-0.2, -0.15) is 5.10 Å². The zero-order valence-electron chi connectivity index (χ0n) is 22.1. The Morgan fingerprint density at radius 3 is 2.59 bits per heavy atom. The van der Waals surface area contributed by atoms with Gasteiger partial charge >= 0.3 is 0 Å². The Labute approximate surface area is 217 Å². The number of nitrogens with zero attached hydrogens (tertiary/aromatic N) is 3. The van der Waals surface area contributed by atoms with Crippen LogP contribution in [0, 0.1) is 0 Å². The summed E-state index contributed by atoms with van der Waals surface area (Å²) >= 11 is 0. The lowest BCUT2D eigenvalue weighted by Crippen LogP contribution is -2.65. The first-order valence-electron chi connectivity index (χ1n) is 13.0. The van der Waals surface area contributed by atoms with Gasteiger partial charge in [-0.3, -0.25) is 19.1 Å². The van der Waals surface area contributed by atoms with Gasteiger partial charge in [0.05, 0.1) is 20.8 Å². The van der Waals surface area contributed by atoms with Gasteiger partial charge in [0.2, 0.25) is 5.91 Å². The van der Waals surface area contributed by atoms with Gasteiger partial charge in [-0.25, -0.2) is 0 Å². The number of carbonyl (C=O) groups is 3. The number of nitrogens with one attached hydrogen (secondary N) is 2. The first-order valence-corrected chi connectivity index (χ1v) is 13.0. The van der Waals surface area contributed by atoms with Crippen molar-refractivity contribution in [1.29, 1.82) is 0 Å². The lowest BCUT2D eigenvalue weighted by atomic mass is 9.94. The van der Waals surface area contributed by atoms with Crippen molar-refractivity contribution in [2.24, 2.45) is 0 Å². The van der Waals surface area contributed by atoms with Crippen LogP contribution in [0.1, 0.15) is 78.9 Å². The Morgan fingerprint density at radius 1 is 1.16 bits per heavy atom. The molecule has 1 aliphatic carbocycles. The fourth-order valence-corrected chi connectivity index (χ4v) is 5.12. The summed E-state index contributed by atoms with van der Waals surface area (Å²) < 4.78 is 12.2. The molecular weight excluding hydrogens is 474 g/mol. The molecule has 0 spiro atoms. The van der Waals surface area contributed by atoms with Crippen molar-refractivity contribution in [1.82, 2.24) is 25.3 Å². The second-order valence-electron chi connectivity index (χ2n) is 9.97. The minimum absolute atomic E-state index is 0.126. The van der Waals surface area contributed by atoms with Crippen LogP contribution in [0.4, 0.5) is 0 Å². The van der Waals surface area contributed by atoms with E-state index in [1.807, 2.05) is 6.92 Å². The molecule has 2 aromatic rings. The van der Waals surface area contributed by atoms with Gasteiger partial charge < -0.3 is 25.0 Å². The average Bonchev–Trinajstić information content (AvgIpc) is 3.57. The molecule has 1 aromatic carbocycles. The van der Waals surface area contributed by atoms with Gasteiger partial charge in [0, 0.05) is 30.8 Å². The molecule has 0 unspecified atom stereocenters. The molecule has 3 amide bonds. The van der Waals surface area contributed by atoms with E-state index >= 15 is 0 Å². The SMILES string of the molecule is CCCCN1C(=O)c2cc(C(=O)NCc3cc(OC)ccc3OC)nn2C[C@@]1(C)C(=O)NC1CCCC1. The van der Waals surface area contributed by atoms with Gasteiger partial charge in [0.15, 0.2) is 5.69 Å². The van der Waals surface area contributed by atoms with Crippen LogP contribution < -0.4 is 20.1 Å². The van der Waals surface area contributed by atoms with Crippen molar-refractivity contribution in [3.8, 4) is 11.5 Å². The molecule has 0 saturated heterocycles. The normalized spacial score (nSPS) is 19.5. The van der Waals surface area contributed by atoms with Crippen molar-refractivity contribution in [3.63, 3.8) is 0 Å². The molecule has 1 aromatic heterocycles. The number of carbonyl (C=O) groups excluding carboxylic acids is 3. The molecule has 2 heterocycles. The number of unbranched alkanes of at least 4 members (excludes halogenated alkanes) is 1. The third kappa shape index (κ3) is 5.42. The van der Waals surface area contributed by atoms with Gasteiger partial charge in [-0.05, 0) is 44.4 Å². The highest BCUT2D eigenvalue weighted by Crippen LogP contribution is 2.29. The highest BCUT2D eigenvalue weighted by molar-refractivity contribution is 6.02. The summed E-state index contributed by atoms with van der Waals surface area (Å²) in [4.78, 5) is 41.7. The maximum Gasteiger partial charge on any atom is 0.273 e. The van der Waals surface area contributed by atoms with Crippen LogP contribution in [-0.2, 0) is 17.9 Å². The number of hydrogen-bond donors (Lipinski definition) is 2. The molecule has 2 aliphatic rings. The van der Waals surface area contributed by atoms with Crippen LogP contribution in [0.25, 0.3) is 0 Å². The molecule has 10 nitrogen and oxygen atoms in total. The third-order valence-corrected chi connectivity index (χ3v) is 7.37. The molecule has 0 radical (unpaired) electrons. The quantitative estimate of drug-likeness (QED) is 0.507. The molecule has 1 saturated carbocycles. The lowest BCUT2D eigenvalue weighted by Gasteiger charge is -2.43. The minimum Gasteiger partial charge on any atom is -0.497 e. The topological polar surface area (TPSA) is 115 Å². The van der Waals surface area contributed by atoms with Crippen LogP contribution in [0.5, 0.6) is 11.5 Å². The first-order chi connectivity index (χ1) is 17.8. The van der Waals surface area contributed by atoms with Crippen molar-refractivity contribution >= 4 is 17.7 Å². The Balaban J connectivity index is 1.54. The Hall–Kier alpha value is -3.56. The standard InChI is InChI=1S/C27H37N5O5/c1-5-6-13-31-25(34)22-15-21(24(33)28-16-18-14-20(36-3)11-12-23(18)37-4)30-32(22)17-27(31,2)26(35)29-19-9-7-8-10-19/h11-12,14-15,19H,5-10,13,16-17H2,1-4H3,(H,28,33)(H,29,35)/t27-/m0/s1. The Kier molecular flexibility index (Phi) is 8.04. The summed E-state index contributed by atoms with van der Waals surface area (Å²) in [6.45, 7) is 4.69. The van der Waals surface area contributed by atoms with Crippen molar-refractivity contribution in [2.45, 2.75) is 77.0 Å². The van der Waals surface area contributed by atoms with E-state index in [1.54, 1.807) is 44.2 Å². The monoisotopic (exact) mass is 511 g/mol. The van der Waals surface area contributed by atoms with Crippen molar-refractivity contribution in [3.05, 3.63) is 41.2 Å². The van der Waals surface area contributed by atoms with E-state index in [0.717, 1.165) is 44.1 Å². The van der Waals surface area contributed by atoms with Crippen molar-refractivity contribution < 1.29 is 23.9 Å². The highest BCUT2D eigenvalue weighted by Gasteiger charge is 2.48. The molecule has 10 heteroatoms.